The maximum atomic E-state index is 14.2. The second kappa shape index (κ2) is 16.4. The Morgan fingerprint density at radius 2 is 1.59 bits per heavy atom. The summed E-state index contributed by atoms with van der Waals surface area (Å²) in [5.74, 6) is 0.268. The molecule has 5 aliphatic carbocycles. The number of allylic oxidation sites excluding steroid dienone is 2. The molecule has 56 heavy (non-hydrogen) atoms. The van der Waals surface area contributed by atoms with Gasteiger partial charge in [-0.3, -0.25) is 9.59 Å². The molecule has 4 N–H and O–H groups in total. The Hall–Kier alpha value is -2.91. The number of nitrogens with two attached hydrogens (primary N) is 1. The number of carbonyl (C=O) groups is 3. The molecule has 0 aromatic heterocycles. The summed E-state index contributed by atoms with van der Waals surface area (Å²) < 4.78 is 10.9. The Morgan fingerprint density at radius 1 is 0.911 bits per heavy atom. The first-order valence-electron chi connectivity index (χ1n) is 21.8. The van der Waals surface area contributed by atoms with Crippen molar-refractivity contribution < 1.29 is 34.1 Å². The highest BCUT2D eigenvalue weighted by molar-refractivity contribution is 5.96. The zero-order valence-corrected chi connectivity index (χ0v) is 36.4. The maximum Gasteiger partial charge on any atom is 0.338 e. The Labute approximate surface area is 337 Å². The van der Waals surface area contributed by atoms with Crippen molar-refractivity contribution >= 4 is 23.4 Å². The minimum atomic E-state index is -0.711. The van der Waals surface area contributed by atoms with Gasteiger partial charge in [0.25, 0.3) is 0 Å². The van der Waals surface area contributed by atoms with E-state index in [4.69, 9.17) is 15.2 Å². The van der Waals surface area contributed by atoms with Crippen molar-refractivity contribution in [2.45, 2.75) is 146 Å². The molecule has 0 bridgehead atoms. The van der Waals surface area contributed by atoms with Crippen LogP contribution in [-0.4, -0.2) is 71.8 Å². The minimum absolute atomic E-state index is 0.0296. The molecule has 0 aliphatic heterocycles. The van der Waals surface area contributed by atoms with E-state index in [1.807, 2.05) is 13.0 Å². The number of rotatable bonds is 11. The molecule has 0 unspecified atom stereocenters. The van der Waals surface area contributed by atoms with Crippen LogP contribution in [0.1, 0.15) is 150 Å². The molecule has 0 radical (unpaired) electrons. The number of unbranched alkanes of at least 4 members (excludes halogenated alkanes) is 1. The molecule has 1 aromatic rings. The van der Waals surface area contributed by atoms with Crippen LogP contribution in [0.25, 0.3) is 0 Å². The molecule has 5 aliphatic rings. The fourth-order valence-corrected chi connectivity index (χ4v) is 12.4. The number of fused-ring (bicyclic) bond motifs is 7. The molecular formula is C47H74N2O7. The molecular weight excluding hydrogens is 705 g/mol. The predicted octanol–water partition coefficient (Wildman–Crippen LogP) is 9.36. The lowest BCUT2D eigenvalue weighted by Gasteiger charge is -2.70. The van der Waals surface area contributed by atoms with Gasteiger partial charge >= 0.3 is 11.9 Å². The van der Waals surface area contributed by atoms with E-state index in [1.54, 1.807) is 18.2 Å². The van der Waals surface area contributed by atoms with E-state index in [-0.39, 0.29) is 56.8 Å². The highest BCUT2D eigenvalue weighted by Crippen LogP contribution is 2.75. The smallest absolute Gasteiger partial charge is 0.338 e. The van der Waals surface area contributed by atoms with Gasteiger partial charge in [-0.15, -0.1) is 0 Å². The van der Waals surface area contributed by atoms with Gasteiger partial charge in [-0.05, 0) is 147 Å². The molecule has 0 spiro atoms. The lowest BCUT2D eigenvalue weighted by atomic mass is 9.33. The quantitative estimate of drug-likeness (QED) is 0.114. The van der Waals surface area contributed by atoms with Crippen molar-refractivity contribution in [3.63, 3.8) is 0 Å². The van der Waals surface area contributed by atoms with Crippen molar-refractivity contribution in [3.05, 3.63) is 35.4 Å². The first-order valence-corrected chi connectivity index (χ1v) is 21.8. The van der Waals surface area contributed by atoms with Crippen LogP contribution in [0.5, 0.6) is 5.75 Å². The highest BCUT2D eigenvalue weighted by atomic mass is 16.5. The molecule has 4 saturated carbocycles. The molecule has 4 fully saturated rings. The molecule has 314 valence electrons. The number of ether oxygens (including phenoxy) is 2. The number of esters is 1. The summed E-state index contributed by atoms with van der Waals surface area (Å²) in [6.07, 6.45) is 12.0. The van der Waals surface area contributed by atoms with E-state index < -0.39 is 11.4 Å². The molecule has 0 amide bonds. The number of likely N-dealkylation sites (N-methyl/N-ethyl adjacent to an activating group) is 1. The van der Waals surface area contributed by atoms with Gasteiger partial charge in [0.1, 0.15) is 12.4 Å². The summed E-state index contributed by atoms with van der Waals surface area (Å²) in [6.45, 7) is 25.7. The molecule has 0 heterocycles. The van der Waals surface area contributed by atoms with Crippen molar-refractivity contribution in [1.29, 1.82) is 0 Å². The van der Waals surface area contributed by atoms with Gasteiger partial charge in [0, 0.05) is 12.5 Å². The third-order valence-electron chi connectivity index (χ3n) is 16.6. The predicted molar refractivity (Wildman–Crippen MR) is 222 cm³/mol. The number of aliphatic hydroxyl groups excluding tert-OH is 1. The molecule has 6 rings (SSSR count). The lowest BCUT2D eigenvalue weighted by molar-refractivity contribution is -0.202. The SMILES string of the molecule is CC1(C)[C@@H](O)CC[C@]2(C)[C@H]3C(=O)C=C4[C@@H]5C[C@@](C)(C(=O)O)CC[C@]5(C)CC[C@@]4(C)[C@]3(C)CC[C@@H]12.CCCCOc1cc(C(=O)OCCN(CC)CC)ccc1N. The number of aliphatic hydroxyl groups is 1. The summed E-state index contributed by atoms with van der Waals surface area (Å²) in [5.41, 5.74) is 7.02. The largest absolute Gasteiger partial charge is 0.491 e. The maximum absolute atomic E-state index is 14.2. The van der Waals surface area contributed by atoms with E-state index in [0.717, 1.165) is 83.8 Å². The first kappa shape index (κ1) is 44.2. The van der Waals surface area contributed by atoms with Gasteiger partial charge in [0.15, 0.2) is 5.78 Å². The van der Waals surface area contributed by atoms with E-state index in [2.05, 4.69) is 67.2 Å². The number of carboxylic acid groups (broad SMARTS) is 1. The minimum Gasteiger partial charge on any atom is -0.491 e. The standard InChI is InChI=1S/C30H46O4.C17H28N2O3/c1-25(2)21-8-11-30(7)23(28(21,5)10-9-22(25)32)20(31)16-18-19-17-27(4,24(33)34)13-12-26(19,3)14-15-29(18,30)6;1-4-7-11-21-16-13-14(8-9-15(16)18)17(20)22-12-10-19(5-2)6-3/h16,19,21-23,32H,8-15,17H2,1-7H3,(H,33,34);8-9,13H,4-7,10-12,18H2,1-3H3/t19-,21-,22-,23+,26+,27-,28-,29+,30+;/m0./s1. The summed E-state index contributed by atoms with van der Waals surface area (Å²) in [6, 6.07) is 5.01. The third-order valence-corrected chi connectivity index (χ3v) is 16.6. The normalized spacial score (nSPS) is 37.1. The molecule has 0 saturated heterocycles. The molecule has 9 nitrogen and oxygen atoms in total. The topological polar surface area (TPSA) is 139 Å². The van der Waals surface area contributed by atoms with Crippen LogP contribution in [0.15, 0.2) is 29.8 Å². The Morgan fingerprint density at radius 3 is 2.23 bits per heavy atom. The Balaban J connectivity index is 0.000000237. The van der Waals surface area contributed by atoms with Crippen LogP contribution < -0.4 is 10.5 Å². The van der Waals surface area contributed by atoms with E-state index >= 15 is 0 Å². The fourth-order valence-electron chi connectivity index (χ4n) is 12.4. The first-order chi connectivity index (χ1) is 26.2. The van der Waals surface area contributed by atoms with Gasteiger partial charge in [0.05, 0.1) is 29.4 Å². The van der Waals surface area contributed by atoms with Gasteiger partial charge in [-0.1, -0.05) is 74.3 Å². The summed E-state index contributed by atoms with van der Waals surface area (Å²) >= 11 is 0. The number of ketones is 1. The highest BCUT2D eigenvalue weighted by Gasteiger charge is 2.70. The van der Waals surface area contributed by atoms with E-state index in [1.165, 1.54) is 5.57 Å². The van der Waals surface area contributed by atoms with Crippen LogP contribution in [0.4, 0.5) is 5.69 Å². The molecule has 1 aromatic carbocycles. The Bertz CT molecular complexity index is 1650. The summed E-state index contributed by atoms with van der Waals surface area (Å²) in [4.78, 5) is 40.7. The monoisotopic (exact) mass is 779 g/mol. The number of anilines is 1. The van der Waals surface area contributed by atoms with Gasteiger partial charge < -0.3 is 30.3 Å². The molecule has 9 atom stereocenters. The van der Waals surface area contributed by atoms with Crippen LogP contribution in [0.3, 0.4) is 0 Å². The zero-order valence-electron chi connectivity index (χ0n) is 36.4. The van der Waals surface area contributed by atoms with Crippen molar-refractivity contribution in [1.82, 2.24) is 4.90 Å². The van der Waals surface area contributed by atoms with Gasteiger partial charge in [-0.2, -0.15) is 0 Å². The average molecular weight is 779 g/mol. The van der Waals surface area contributed by atoms with Crippen LogP contribution in [0, 0.1) is 50.2 Å². The van der Waals surface area contributed by atoms with Crippen molar-refractivity contribution in [2.24, 2.45) is 50.2 Å². The van der Waals surface area contributed by atoms with Gasteiger partial charge in [-0.25, -0.2) is 4.79 Å². The second-order valence-electron chi connectivity index (χ2n) is 20.1. The number of nitrogen functional groups attached to an aromatic ring is 1. The summed E-state index contributed by atoms with van der Waals surface area (Å²) in [5, 5.41) is 20.9. The van der Waals surface area contributed by atoms with E-state index in [0.29, 0.717) is 42.6 Å². The second-order valence-corrected chi connectivity index (χ2v) is 20.1. The number of hydrogen-bond acceptors (Lipinski definition) is 8. The Kier molecular flexibility index (Phi) is 12.9. The number of aliphatic carboxylic acids is 1. The molecule has 9 heteroatoms. The third kappa shape index (κ3) is 7.69. The fraction of sp³-hybridized carbons (Fsp3) is 0.766. The number of benzene rings is 1. The van der Waals surface area contributed by atoms with Gasteiger partial charge in [0.2, 0.25) is 0 Å². The van der Waals surface area contributed by atoms with Crippen LogP contribution in [-0.2, 0) is 14.3 Å². The zero-order chi connectivity index (χ0) is 41.5. The number of hydrogen-bond donors (Lipinski definition) is 3. The van der Waals surface area contributed by atoms with Crippen LogP contribution >= 0.6 is 0 Å². The number of carboxylic acids is 1. The average Bonchev–Trinajstić information content (AvgIpc) is 3.14. The summed E-state index contributed by atoms with van der Waals surface area (Å²) in [7, 11) is 0. The lowest BCUT2D eigenvalue weighted by Crippen LogP contribution is -2.66. The van der Waals surface area contributed by atoms with E-state index in [9.17, 15) is 24.6 Å². The number of carbonyl (C=O) groups excluding carboxylic acids is 2. The van der Waals surface area contributed by atoms with Crippen molar-refractivity contribution in [2.75, 3.05) is 38.6 Å². The number of nitrogens with zero attached hydrogens (tertiary/aromatic N) is 1. The van der Waals surface area contributed by atoms with Crippen LogP contribution in [0.2, 0.25) is 0 Å². The van der Waals surface area contributed by atoms with Crippen molar-refractivity contribution in [3.8, 4) is 5.75 Å².